The Labute approximate surface area is 164 Å². The third-order valence-corrected chi connectivity index (χ3v) is 5.78. The van der Waals surface area contributed by atoms with Crippen molar-refractivity contribution < 1.29 is 22.7 Å². The normalized spacial score (nSPS) is 13.6. The number of anilines is 1. The van der Waals surface area contributed by atoms with Crippen molar-refractivity contribution in [2.45, 2.75) is 37.6 Å². The van der Waals surface area contributed by atoms with Crippen molar-refractivity contribution in [1.29, 1.82) is 0 Å². The van der Waals surface area contributed by atoms with Gasteiger partial charge in [-0.2, -0.15) is 0 Å². The van der Waals surface area contributed by atoms with Gasteiger partial charge in [0.25, 0.3) is 15.9 Å². The summed E-state index contributed by atoms with van der Waals surface area (Å²) in [5.41, 5.74) is 1.90. The van der Waals surface area contributed by atoms with E-state index in [1.165, 1.54) is 18.2 Å². The summed E-state index contributed by atoms with van der Waals surface area (Å²) in [5, 5.41) is 2.72. The van der Waals surface area contributed by atoms with E-state index in [-0.39, 0.29) is 22.4 Å². The molecule has 0 aromatic heterocycles. The fraction of sp³-hybridized carbons (Fsp3) is 0.300. The second kappa shape index (κ2) is 8.02. The molecule has 8 heteroatoms. The Balaban J connectivity index is 1.74. The van der Waals surface area contributed by atoms with Gasteiger partial charge in [0.05, 0.1) is 10.5 Å². The van der Waals surface area contributed by atoms with Gasteiger partial charge in [-0.1, -0.05) is 18.2 Å². The lowest BCUT2D eigenvalue weighted by molar-refractivity contribution is -0.124. The summed E-state index contributed by atoms with van der Waals surface area (Å²) in [6, 6.07) is 11.4. The van der Waals surface area contributed by atoms with Gasteiger partial charge >= 0.3 is 5.97 Å². The first-order chi connectivity index (χ1) is 13.2. The molecule has 1 aliphatic carbocycles. The number of esters is 1. The summed E-state index contributed by atoms with van der Waals surface area (Å²) >= 11 is 0. The topological polar surface area (TPSA) is 102 Å². The summed E-state index contributed by atoms with van der Waals surface area (Å²) in [4.78, 5) is 23.9. The predicted octanol–water partition coefficient (Wildman–Crippen LogP) is 2.54. The number of carbonyl (C=O) groups excluding carboxylic acids is 2. The zero-order chi connectivity index (χ0) is 20.3. The van der Waals surface area contributed by atoms with E-state index in [1.54, 1.807) is 25.1 Å². The second-order valence-electron chi connectivity index (χ2n) is 6.87. The standard InChI is InChI=1S/C20H22N2O5S/c1-13-4-3-5-17(10-13)22-28(25,26)18-11-15(7-6-14(18)2)20(24)27-12-19(23)21-16-8-9-16/h3-7,10-11,16,22H,8-9,12H2,1-2H3,(H,21,23). The van der Waals surface area contributed by atoms with E-state index in [1.807, 2.05) is 13.0 Å². The highest BCUT2D eigenvalue weighted by Crippen LogP contribution is 2.22. The average Bonchev–Trinajstić information content (AvgIpc) is 3.43. The monoisotopic (exact) mass is 402 g/mol. The molecule has 0 heterocycles. The van der Waals surface area contributed by atoms with Crippen LogP contribution in [0.3, 0.4) is 0 Å². The van der Waals surface area contributed by atoms with Crippen LogP contribution in [0.4, 0.5) is 5.69 Å². The van der Waals surface area contributed by atoms with E-state index in [0.717, 1.165) is 18.4 Å². The summed E-state index contributed by atoms with van der Waals surface area (Å²) in [6.45, 7) is 3.11. The first-order valence-corrected chi connectivity index (χ1v) is 10.4. The van der Waals surface area contributed by atoms with E-state index in [9.17, 15) is 18.0 Å². The molecule has 2 aromatic carbocycles. The molecule has 2 N–H and O–H groups in total. The van der Waals surface area contributed by atoms with Crippen molar-refractivity contribution in [2.24, 2.45) is 0 Å². The van der Waals surface area contributed by atoms with Crippen LogP contribution in [-0.4, -0.2) is 32.9 Å². The van der Waals surface area contributed by atoms with Crippen molar-refractivity contribution >= 4 is 27.6 Å². The molecule has 0 unspecified atom stereocenters. The van der Waals surface area contributed by atoms with Gasteiger partial charge in [-0.15, -0.1) is 0 Å². The van der Waals surface area contributed by atoms with Gasteiger partial charge in [-0.05, 0) is 62.1 Å². The molecule has 1 aliphatic rings. The third-order valence-electron chi connectivity index (χ3n) is 4.26. The smallest absolute Gasteiger partial charge is 0.338 e. The van der Waals surface area contributed by atoms with Crippen LogP contribution >= 0.6 is 0 Å². The van der Waals surface area contributed by atoms with Crippen LogP contribution in [0.15, 0.2) is 47.4 Å². The maximum absolute atomic E-state index is 12.8. The molecule has 0 atom stereocenters. The first-order valence-electron chi connectivity index (χ1n) is 8.91. The van der Waals surface area contributed by atoms with Gasteiger partial charge in [-0.25, -0.2) is 13.2 Å². The SMILES string of the molecule is Cc1cccc(NS(=O)(=O)c2cc(C(=O)OCC(=O)NC3CC3)ccc2C)c1. The van der Waals surface area contributed by atoms with Crippen molar-refractivity contribution in [3.8, 4) is 0 Å². The van der Waals surface area contributed by atoms with Crippen LogP contribution in [0.25, 0.3) is 0 Å². The molecule has 148 valence electrons. The Morgan fingerprint density at radius 2 is 1.86 bits per heavy atom. The van der Waals surface area contributed by atoms with Crippen molar-refractivity contribution in [3.63, 3.8) is 0 Å². The Morgan fingerprint density at radius 1 is 1.11 bits per heavy atom. The molecule has 3 rings (SSSR count). The fourth-order valence-electron chi connectivity index (χ4n) is 2.65. The van der Waals surface area contributed by atoms with E-state index in [0.29, 0.717) is 11.3 Å². The quantitative estimate of drug-likeness (QED) is 0.693. The van der Waals surface area contributed by atoms with E-state index in [2.05, 4.69) is 10.0 Å². The van der Waals surface area contributed by atoms with Crippen molar-refractivity contribution in [3.05, 3.63) is 59.2 Å². The molecular weight excluding hydrogens is 380 g/mol. The highest BCUT2D eigenvalue weighted by Gasteiger charge is 2.24. The van der Waals surface area contributed by atoms with Gasteiger partial charge in [-0.3, -0.25) is 9.52 Å². The van der Waals surface area contributed by atoms with Gasteiger partial charge in [0, 0.05) is 11.7 Å². The molecule has 0 radical (unpaired) electrons. The van der Waals surface area contributed by atoms with Crippen LogP contribution in [0.5, 0.6) is 0 Å². The lowest BCUT2D eigenvalue weighted by Gasteiger charge is -2.12. The summed E-state index contributed by atoms with van der Waals surface area (Å²) in [6.07, 6.45) is 1.87. The molecule has 1 amide bonds. The molecule has 0 spiro atoms. The number of aryl methyl sites for hydroxylation is 2. The van der Waals surface area contributed by atoms with Crippen LogP contribution in [0.2, 0.25) is 0 Å². The number of nitrogens with one attached hydrogen (secondary N) is 2. The Hall–Kier alpha value is -2.87. The third kappa shape index (κ3) is 5.10. The van der Waals surface area contributed by atoms with Crippen LogP contribution in [0.1, 0.15) is 34.3 Å². The molecule has 2 aromatic rings. The molecule has 0 bridgehead atoms. The number of hydrogen-bond acceptors (Lipinski definition) is 5. The lowest BCUT2D eigenvalue weighted by Crippen LogP contribution is -2.30. The Morgan fingerprint density at radius 3 is 2.54 bits per heavy atom. The maximum atomic E-state index is 12.8. The molecule has 0 aliphatic heterocycles. The first kappa shape index (κ1) is 19.9. The second-order valence-corrected chi connectivity index (χ2v) is 8.52. The average molecular weight is 402 g/mol. The Kier molecular flexibility index (Phi) is 5.69. The van der Waals surface area contributed by atoms with E-state index in [4.69, 9.17) is 4.74 Å². The van der Waals surface area contributed by atoms with Crippen LogP contribution in [-0.2, 0) is 19.6 Å². The molecule has 1 saturated carbocycles. The highest BCUT2D eigenvalue weighted by molar-refractivity contribution is 7.92. The minimum absolute atomic E-state index is 0.0223. The van der Waals surface area contributed by atoms with Gasteiger partial charge in [0.15, 0.2) is 6.61 Å². The molecular formula is C20H22N2O5S. The number of carbonyl (C=O) groups is 2. The summed E-state index contributed by atoms with van der Waals surface area (Å²) in [7, 11) is -3.89. The van der Waals surface area contributed by atoms with Crippen LogP contribution < -0.4 is 10.0 Å². The number of benzene rings is 2. The molecule has 1 fully saturated rings. The van der Waals surface area contributed by atoms with Gasteiger partial charge < -0.3 is 10.1 Å². The van der Waals surface area contributed by atoms with Gasteiger partial charge in [0.2, 0.25) is 0 Å². The zero-order valence-corrected chi connectivity index (χ0v) is 16.5. The number of rotatable bonds is 7. The number of ether oxygens (including phenoxy) is 1. The number of sulfonamides is 1. The Bertz CT molecular complexity index is 1010. The van der Waals surface area contributed by atoms with Crippen LogP contribution in [0, 0.1) is 13.8 Å². The molecule has 0 saturated heterocycles. The zero-order valence-electron chi connectivity index (χ0n) is 15.7. The molecule has 7 nitrogen and oxygen atoms in total. The van der Waals surface area contributed by atoms with Crippen molar-refractivity contribution in [2.75, 3.05) is 11.3 Å². The van der Waals surface area contributed by atoms with E-state index >= 15 is 0 Å². The lowest BCUT2D eigenvalue weighted by atomic mass is 10.1. The molecule has 28 heavy (non-hydrogen) atoms. The van der Waals surface area contributed by atoms with Gasteiger partial charge in [0.1, 0.15) is 0 Å². The number of hydrogen-bond donors (Lipinski definition) is 2. The summed E-state index contributed by atoms with van der Waals surface area (Å²) < 4.78 is 33.1. The minimum atomic E-state index is -3.89. The largest absolute Gasteiger partial charge is 0.452 e. The predicted molar refractivity (Wildman–Crippen MR) is 105 cm³/mol. The van der Waals surface area contributed by atoms with Crippen molar-refractivity contribution in [1.82, 2.24) is 5.32 Å². The fourth-order valence-corrected chi connectivity index (χ4v) is 3.97. The minimum Gasteiger partial charge on any atom is -0.452 e. The summed E-state index contributed by atoms with van der Waals surface area (Å²) in [5.74, 6) is -1.12. The highest BCUT2D eigenvalue weighted by atomic mass is 32.2. The maximum Gasteiger partial charge on any atom is 0.338 e. The number of amides is 1. The van der Waals surface area contributed by atoms with E-state index < -0.39 is 22.6 Å².